The Labute approximate surface area is 404 Å². The van der Waals surface area contributed by atoms with Gasteiger partial charge in [0.05, 0.1) is 16.7 Å². The fourth-order valence-electron chi connectivity index (χ4n) is 12.7. The van der Waals surface area contributed by atoms with E-state index in [0.717, 1.165) is 0 Å². The van der Waals surface area contributed by atoms with Crippen molar-refractivity contribution in [3.8, 4) is 50.2 Å². The molecule has 0 N–H and O–H groups in total. The Bertz CT molecular complexity index is 3730. The van der Waals surface area contributed by atoms with E-state index in [1.807, 2.05) is 0 Å². The summed E-state index contributed by atoms with van der Waals surface area (Å²) >= 11 is 0. The summed E-state index contributed by atoms with van der Waals surface area (Å²) in [7, 11) is -5.66. The zero-order chi connectivity index (χ0) is 45.5. The van der Waals surface area contributed by atoms with Crippen LogP contribution in [0.2, 0.25) is 0 Å². The maximum Gasteiger partial charge on any atom is 0.182 e. The molecule has 0 radical (unpaired) electrons. The van der Waals surface area contributed by atoms with E-state index in [-0.39, 0.29) is 0 Å². The minimum atomic E-state index is -2.98. The molecule has 12 aromatic rings. The smallest absolute Gasteiger partial charge is 0.182 e. The molecule has 0 fully saturated rings. The number of hydrogen-bond donors (Lipinski definition) is 0. The van der Waals surface area contributed by atoms with E-state index in [1.54, 1.807) is 0 Å². The van der Waals surface area contributed by atoms with Crippen LogP contribution >= 0.6 is 0 Å². The number of nitrogens with zero attached hydrogens (tertiary/aromatic N) is 1. The first-order chi connectivity index (χ1) is 34.3. The molecular formula is C66H45NSi2. The van der Waals surface area contributed by atoms with Crippen LogP contribution in [0.1, 0.15) is 0 Å². The average Bonchev–Trinajstić information content (AvgIpc) is 4.04. The van der Waals surface area contributed by atoms with E-state index in [2.05, 4.69) is 278 Å². The van der Waals surface area contributed by atoms with Crippen LogP contribution in [0, 0.1) is 0 Å². The second kappa shape index (κ2) is 15.6. The first-order valence-electron chi connectivity index (χ1n) is 24.1. The topological polar surface area (TPSA) is 4.93 Å². The molecule has 1 nitrogen and oxygen atoms in total. The van der Waals surface area contributed by atoms with Gasteiger partial charge in [-0.25, -0.2) is 0 Å². The quantitative estimate of drug-likeness (QED) is 0.111. The largest absolute Gasteiger partial charge is 0.308 e. The Hall–Kier alpha value is -8.35. The fraction of sp³-hybridized carbons (Fsp3) is 0. The lowest BCUT2D eigenvalue weighted by Gasteiger charge is -2.36. The molecule has 0 bridgehead atoms. The van der Waals surface area contributed by atoms with Crippen molar-refractivity contribution in [2.24, 2.45) is 0 Å². The highest BCUT2D eigenvalue weighted by atomic mass is 28.3. The number of fused-ring (bicyclic) bond motifs is 14. The van der Waals surface area contributed by atoms with Crippen LogP contribution in [0.25, 0.3) is 72.0 Å². The van der Waals surface area contributed by atoms with E-state index >= 15 is 0 Å². The van der Waals surface area contributed by atoms with Crippen LogP contribution in [0.15, 0.2) is 273 Å². The first-order valence-corrected chi connectivity index (χ1v) is 28.1. The molecule has 0 amide bonds. The maximum absolute atomic E-state index is 2.98. The highest BCUT2D eigenvalue weighted by Crippen LogP contribution is 2.46. The van der Waals surface area contributed by atoms with Crippen LogP contribution in [-0.2, 0) is 0 Å². The molecule has 14 rings (SSSR count). The van der Waals surface area contributed by atoms with Gasteiger partial charge in [-0.2, -0.15) is 0 Å². The van der Waals surface area contributed by atoms with Gasteiger partial charge in [-0.3, -0.25) is 0 Å². The summed E-state index contributed by atoms with van der Waals surface area (Å²) < 4.78 is 2.63. The predicted molar refractivity (Wildman–Crippen MR) is 297 cm³/mol. The summed E-state index contributed by atoms with van der Waals surface area (Å²) in [5.74, 6) is 0. The Kier molecular flexibility index (Phi) is 9.00. The Balaban J connectivity index is 1.15. The third-order valence-corrected chi connectivity index (χ3v) is 25.1. The molecule has 2 aliphatic rings. The monoisotopic (exact) mass is 907 g/mol. The van der Waals surface area contributed by atoms with E-state index in [0.29, 0.717) is 0 Å². The summed E-state index contributed by atoms with van der Waals surface area (Å²) in [4.78, 5) is 0. The standard InChI is InChI=1S/C66H45NSi2/c1-6-24-46(25-7-1)56-44-51(68(48-28-10-3-11-29-48,49-30-12-4-13-31-49)50-32-14-5-15-33-50)45-57(47-26-8-2-9-27-47)66(56)67-58-38-20-16-36-54(58)64-59(67)42-43-63-65(64)55-37-19-23-41-62(55)69(63)60-39-21-17-34-52(60)53-35-18-22-40-61(53)69/h1-45H. The summed E-state index contributed by atoms with van der Waals surface area (Å²) in [5.41, 5.74) is 13.9. The molecule has 0 aliphatic carbocycles. The molecule has 0 atom stereocenters. The molecule has 322 valence electrons. The van der Waals surface area contributed by atoms with Crippen molar-refractivity contribution in [1.29, 1.82) is 0 Å². The van der Waals surface area contributed by atoms with Crippen molar-refractivity contribution in [2.45, 2.75) is 0 Å². The molecular weight excluding hydrogens is 863 g/mol. The molecule has 1 aromatic heterocycles. The number of para-hydroxylation sites is 1. The molecule has 3 heterocycles. The molecule has 0 saturated heterocycles. The Morgan fingerprint density at radius 1 is 0.290 bits per heavy atom. The van der Waals surface area contributed by atoms with Gasteiger partial charge < -0.3 is 4.57 Å². The van der Waals surface area contributed by atoms with E-state index in [4.69, 9.17) is 0 Å². The fourth-order valence-corrected chi connectivity index (χ4v) is 23.1. The van der Waals surface area contributed by atoms with Gasteiger partial charge in [-0.15, -0.1) is 0 Å². The summed E-state index contributed by atoms with van der Waals surface area (Å²) in [5, 5.41) is 14.0. The van der Waals surface area contributed by atoms with Crippen LogP contribution in [-0.4, -0.2) is 20.7 Å². The molecule has 2 aliphatic heterocycles. The van der Waals surface area contributed by atoms with Gasteiger partial charge >= 0.3 is 0 Å². The zero-order valence-electron chi connectivity index (χ0n) is 37.9. The molecule has 0 unspecified atom stereocenters. The van der Waals surface area contributed by atoms with Gasteiger partial charge in [0.2, 0.25) is 0 Å². The predicted octanol–water partition coefficient (Wildman–Crippen LogP) is 10.8. The molecule has 3 heteroatoms. The molecule has 1 spiro atoms. The van der Waals surface area contributed by atoms with Crippen molar-refractivity contribution in [3.63, 3.8) is 0 Å². The van der Waals surface area contributed by atoms with E-state index < -0.39 is 16.1 Å². The van der Waals surface area contributed by atoms with Crippen LogP contribution < -0.4 is 41.5 Å². The number of benzene rings is 11. The van der Waals surface area contributed by atoms with E-state index in [9.17, 15) is 0 Å². The lowest BCUT2D eigenvalue weighted by molar-refractivity contribution is 1.18. The average molecular weight is 908 g/mol. The van der Waals surface area contributed by atoms with Crippen LogP contribution in [0.3, 0.4) is 0 Å². The molecule has 11 aromatic carbocycles. The number of hydrogen-bond acceptors (Lipinski definition) is 0. The van der Waals surface area contributed by atoms with Gasteiger partial charge in [0.1, 0.15) is 0 Å². The highest BCUT2D eigenvalue weighted by Gasteiger charge is 2.54. The van der Waals surface area contributed by atoms with Crippen molar-refractivity contribution >= 4 is 79.4 Å². The highest BCUT2D eigenvalue weighted by molar-refractivity contribution is 7.24. The SMILES string of the molecule is c1ccc(-c2cc([Si](c3ccccc3)(c3ccccc3)c3ccccc3)cc(-c3ccccc3)c2-n2c3ccccc3c3c4c(ccc32)[Si]2(c3ccccc3-c3ccccc32)c2ccccc2-4)cc1. The Morgan fingerprint density at radius 2 is 0.696 bits per heavy atom. The van der Waals surface area contributed by atoms with Gasteiger partial charge in [-0.1, -0.05) is 261 Å². The zero-order valence-corrected chi connectivity index (χ0v) is 39.9. The van der Waals surface area contributed by atoms with Crippen molar-refractivity contribution in [3.05, 3.63) is 273 Å². The number of aromatic nitrogens is 1. The lowest BCUT2D eigenvalue weighted by atomic mass is 9.95. The second-order valence-electron chi connectivity index (χ2n) is 18.6. The van der Waals surface area contributed by atoms with Gasteiger partial charge in [0, 0.05) is 21.9 Å². The third-order valence-electron chi connectivity index (χ3n) is 15.4. The summed E-state index contributed by atoms with van der Waals surface area (Å²) in [6.45, 7) is 0. The van der Waals surface area contributed by atoms with Crippen molar-refractivity contribution in [2.75, 3.05) is 0 Å². The van der Waals surface area contributed by atoms with Crippen LogP contribution in [0.5, 0.6) is 0 Å². The van der Waals surface area contributed by atoms with Gasteiger partial charge in [-0.05, 0) is 87.0 Å². The summed E-state index contributed by atoms with van der Waals surface area (Å²) in [6.07, 6.45) is 0. The first kappa shape index (κ1) is 39.8. The molecule has 69 heavy (non-hydrogen) atoms. The van der Waals surface area contributed by atoms with Crippen molar-refractivity contribution < 1.29 is 0 Å². The molecule has 0 saturated carbocycles. The third kappa shape index (κ3) is 5.57. The summed E-state index contributed by atoms with van der Waals surface area (Å²) in [6, 6.07) is 104. The second-order valence-corrected chi connectivity index (χ2v) is 26.1. The normalized spacial score (nSPS) is 13.0. The van der Waals surface area contributed by atoms with Crippen LogP contribution in [0.4, 0.5) is 0 Å². The lowest BCUT2D eigenvalue weighted by Crippen LogP contribution is -2.74. The van der Waals surface area contributed by atoms with Gasteiger partial charge in [0.15, 0.2) is 16.1 Å². The van der Waals surface area contributed by atoms with E-state index in [1.165, 1.54) is 113 Å². The number of rotatable bonds is 7. The van der Waals surface area contributed by atoms with Gasteiger partial charge in [0.25, 0.3) is 0 Å². The van der Waals surface area contributed by atoms with Crippen molar-refractivity contribution in [1.82, 2.24) is 4.57 Å². The minimum absolute atomic E-state index is 1.19. The Morgan fingerprint density at radius 3 is 1.20 bits per heavy atom. The maximum atomic E-state index is 2.63. The minimum Gasteiger partial charge on any atom is -0.308 e.